The topological polar surface area (TPSA) is 0 Å². The van der Waals surface area contributed by atoms with Gasteiger partial charge in [-0.2, -0.15) is 0 Å². The Hall–Kier alpha value is 0.180. The van der Waals surface area contributed by atoms with Gasteiger partial charge in [0.25, 0.3) is 0 Å². The van der Waals surface area contributed by atoms with Crippen molar-refractivity contribution >= 4 is 31.9 Å². The fourth-order valence-electron chi connectivity index (χ4n) is 2.69. The summed E-state index contributed by atoms with van der Waals surface area (Å²) in [6.07, 6.45) is 1.26. The SMILES string of the molecule is BrC[C@@]1(Br)[C@@H]2c3ccccc3C[C@@H]21. The summed E-state index contributed by atoms with van der Waals surface area (Å²) >= 11 is 7.45. The highest BCUT2D eigenvalue weighted by molar-refractivity contribution is 9.12. The molecule has 0 saturated heterocycles. The molecule has 0 N–H and O–H groups in total. The van der Waals surface area contributed by atoms with Crippen molar-refractivity contribution in [1.82, 2.24) is 0 Å². The van der Waals surface area contributed by atoms with Gasteiger partial charge >= 0.3 is 0 Å². The van der Waals surface area contributed by atoms with Gasteiger partial charge in [0.15, 0.2) is 0 Å². The maximum atomic E-state index is 3.85. The predicted molar refractivity (Wildman–Crippen MR) is 61.8 cm³/mol. The predicted octanol–water partition coefficient (Wildman–Crippen LogP) is 3.48. The number of fused-ring (bicyclic) bond motifs is 3. The summed E-state index contributed by atoms with van der Waals surface area (Å²) in [5, 5.41) is 1.07. The van der Waals surface area contributed by atoms with Crippen LogP contribution in [0.5, 0.6) is 0 Å². The monoisotopic (exact) mass is 300 g/mol. The Morgan fingerprint density at radius 2 is 2.15 bits per heavy atom. The Kier molecular flexibility index (Phi) is 1.70. The molecule has 2 heteroatoms. The van der Waals surface area contributed by atoms with E-state index in [1.165, 1.54) is 6.42 Å². The summed E-state index contributed by atoms with van der Waals surface area (Å²) in [5.41, 5.74) is 3.14. The summed E-state index contributed by atoms with van der Waals surface area (Å²) in [6, 6.07) is 8.85. The van der Waals surface area contributed by atoms with E-state index in [0.717, 1.165) is 17.2 Å². The van der Waals surface area contributed by atoms with Gasteiger partial charge in [0, 0.05) is 15.6 Å². The van der Waals surface area contributed by atoms with E-state index in [4.69, 9.17) is 0 Å². The van der Waals surface area contributed by atoms with Gasteiger partial charge in [-0.25, -0.2) is 0 Å². The van der Waals surface area contributed by atoms with Gasteiger partial charge < -0.3 is 0 Å². The largest absolute Gasteiger partial charge is 0.0913 e. The highest BCUT2D eigenvalue weighted by Crippen LogP contribution is 2.69. The van der Waals surface area contributed by atoms with Crippen LogP contribution < -0.4 is 0 Å². The van der Waals surface area contributed by atoms with Crippen molar-refractivity contribution in [3.05, 3.63) is 35.4 Å². The van der Waals surface area contributed by atoms with Crippen LogP contribution in [0.3, 0.4) is 0 Å². The third-order valence-corrected chi connectivity index (χ3v) is 6.50. The molecular weight excluding hydrogens is 292 g/mol. The first kappa shape index (κ1) is 8.49. The second kappa shape index (κ2) is 2.60. The van der Waals surface area contributed by atoms with Crippen LogP contribution in [-0.2, 0) is 6.42 Å². The zero-order chi connectivity index (χ0) is 9.05. The lowest BCUT2D eigenvalue weighted by Gasteiger charge is -2.11. The van der Waals surface area contributed by atoms with Crippen molar-refractivity contribution in [2.24, 2.45) is 5.92 Å². The second-order valence-corrected chi connectivity index (χ2v) is 6.08. The lowest BCUT2D eigenvalue weighted by atomic mass is 10.0. The number of halogens is 2. The second-order valence-electron chi connectivity index (χ2n) is 4.05. The maximum absolute atomic E-state index is 3.85. The highest BCUT2D eigenvalue weighted by atomic mass is 79.9. The van der Waals surface area contributed by atoms with E-state index in [9.17, 15) is 0 Å². The van der Waals surface area contributed by atoms with Gasteiger partial charge in [0.1, 0.15) is 0 Å². The van der Waals surface area contributed by atoms with E-state index in [1.54, 1.807) is 11.1 Å². The van der Waals surface area contributed by atoms with Crippen LogP contribution in [0.2, 0.25) is 0 Å². The molecule has 1 aromatic rings. The van der Waals surface area contributed by atoms with Crippen LogP contribution in [-0.4, -0.2) is 9.65 Å². The van der Waals surface area contributed by atoms with E-state index >= 15 is 0 Å². The molecule has 0 amide bonds. The molecule has 68 valence electrons. The summed E-state index contributed by atoms with van der Waals surface area (Å²) in [7, 11) is 0. The van der Waals surface area contributed by atoms with E-state index < -0.39 is 0 Å². The van der Waals surface area contributed by atoms with Crippen LogP contribution in [0, 0.1) is 5.92 Å². The van der Waals surface area contributed by atoms with Crippen molar-refractivity contribution in [3.8, 4) is 0 Å². The molecule has 0 unspecified atom stereocenters. The lowest BCUT2D eigenvalue weighted by molar-refractivity contribution is 0.804. The quantitative estimate of drug-likeness (QED) is 0.697. The van der Waals surface area contributed by atoms with E-state index in [-0.39, 0.29) is 0 Å². The Morgan fingerprint density at radius 1 is 1.38 bits per heavy atom. The number of hydrogen-bond acceptors (Lipinski definition) is 0. The average molecular weight is 302 g/mol. The standard InChI is InChI=1S/C11H10Br2/c12-6-11(13)9-5-7-3-1-2-4-8(7)10(9)11/h1-4,9-10H,5-6H2/t9-,10+,11-/m0/s1. The summed E-state index contributed by atoms with van der Waals surface area (Å²) in [6.45, 7) is 0. The molecule has 0 bridgehead atoms. The van der Waals surface area contributed by atoms with Gasteiger partial charge in [0.05, 0.1) is 0 Å². The first-order valence-corrected chi connectivity index (χ1v) is 6.51. The molecule has 0 heterocycles. The number of alkyl halides is 2. The minimum Gasteiger partial charge on any atom is -0.0913 e. The van der Waals surface area contributed by atoms with Gasteiger partial charge in [-0.05, 0) is 23.5 Å². The Bertz CT molecular complexity index is 361. The number of hydrogen-bond donors (Lipinski definition) is 0. The molecule has 3 atom stereocenters. The third-order valence-electron chi connectivity index (χ3n) is 3.46. The molecule has 0 radical (unpaired) electrons. The Labute approximate surface area is 95.0 Å². The molecule has 0 spiro atoms. The Balaban J connectivity index is 2.04. The number of rotatable bonds is 1. The first-order chi connectivity index (χ1) is 6.27. The van der Waals surface area contributed by atoms with Gasteiger partial charge in [-0.3, -0.25) is 0 Å². The zero-order valence-electron chi connectivity index (χ0n) is 7.13. The van der Waals surface area contributed by atoms with Crippen molar-refractivity contribution in [1.29, 1.82) is 0 Å². The average Bonchev–Trinajstić information content (AvgIpc) is 2.60. The molecule has 1 saturated carbocycles. The lowest BCUT2D eigenvalue weighted by Crippen LogP contribution is -2.09. The van der Waals surface area contributed by atoms with Crippen LogP contribution in [0.15, 0.2) is 24.3 Å². The fraction of sp³-hybridized carbons (Fsp3) is 0.455. The van der Waals surface area contributed by atoms with E-state index in [2.05, 4.69) is 56.1 Å². The van der Waals surface area contributed by atoms with Crippen molar-refractivity contribution in [2.45, 2.75) is 16.7 Å². The van der Waals surface area contributed by atoms with E-state index in [1.807, 2.05) is 0 Å². The first-order valence-electron chi connectivity index (χ1n) is 4.60. The molecule has 0 aliphatic heterocycles. The van der Waals surface area contributed by atoms with Gasteiger partial charge in [-0.15, -0.1) is 0 Å². The molecule has 2 aliphatic carbocycles. The third kappa shape index (κ3) is 0.964. The molecule has 2 aliphatic rings. The van der Waals surface area contributed by atoms with Crippen molar-refractivity contribution < 1.29 is 0 Å². The smallest absolute Gasteiger partial charge is 0.0463 e. The molecule has 13 heavy (non-hydrogen) atoms. The molecule has 1 aromatic carbocycles. The van der Waals surface area contributed by atoms with E-state index in [0.29, 0.717) is 4.32 Å². The normalized spacial score (nSPS) is 39.8. The van der Waals surface area contributed by atoms with Crippen LogP contribution in [0.25, 0.3) is 0 Å². The Morgan fingerprint density at radius 3 is 2.92 bits per heavy atom. The van der Waals surface area contributed by atoms with Gasteiger partial charge in [0.2, 0.25) is 0 Å². The minimum atomic E-state index is 0.376. The minimum absolute atomic E-state index is 0.376. The number of benzene rings is 1. The zero-order valence-corrected chi connectivity index (χ0v) is 10.3. The van der Waals surface area contributed by atoms with Crippen LogP contribution in [0.1, 0.15) is 17.0 Å². The van der Waals surface area contributed by atoms with Crippen molar-refractivity contribution in [2.75, 3.05) is 5.33 Å². The maximum Gasteiger partial charge on any atom is 0.0463 e. The van der Waals surface area contributed by atoms with Crippen molar-refractivity contribution in [3.63, 3.8) is 0 Å². The summed E-state index contributed by atoms with van der Waals surface area (Å²) in [5.74, 6) is 1.60. The van der Waals surface area contributed by atoms with Gasteiger partial charge in [-0.1, -0.05) is 56.1 Å². The highest BCUT2D eigenvalue weighted by Gasteiger charge is 2.65. The fourth-order valence-corrected chi connectivity index (χ4v) is 4.31. The summed E-state index contributed by atoms with van der Waals surface area (Å²) in [4.78, 5) is 0. The molecule has 0 nitrogen and oxygen atoms in total. The van der Waals surface area contributed by atoms with Crippen LogP contribution >= 0.6 is 31.9 Å². The summed E-state index contributed by atoms with van der Waals surface area (Å²) < 4.78 is 0.376. The van der Waals surface area contributed by atoms with Crippen LogP contribution in [0.4, 0.5) is 0 Å². The molecule has 1 fully saturated rings. The molecule has 0 aromatic heterocycles. The molecule has 3 rings (SSSR count). The molecular formula is C11H10Br2.